The molecule has 1 heterocycles. The van der Waals surface area contributed by atoms with Crippen molar-refractivity contribution in [2.45, 2.75) is 39.7 Å². The number of anilines is 2. The Balaban J connectivity index is 1.75. The van der Waals surface area contributed by atoms with Crippen molar-refractivity contribution in [1.29, 1.82) is 0 Å². The third kappa shape index (κ3) is 5.48. The molecule has 2 amide bonds. The lowest BCUT2D eigenvalue weighted by molar-refractivity contribution is -0.127. The molecule has 1 unspecified atom stereocenters. The van der Waals surface area contributed by atoms with Crippen LogP contribution in [0.25, 0.3) is 0 Å². The summed E-state index contributed by atoms with van der Waals surface area (Å²) in [7, 11) is 0. The van der Waals surface area contributed by atoms with E-state index in [1.54, 1.807) is 0 Å². The Labute approximate surface area is 181 Å². The van der Waals surface area contributed by atoms with Crippen molar-refractivity contribution in [3.8, 4) is 0 Å². The Morgan fingerprint density at radius 2 is 1.81 bits per heavy atom. The van der Waals surface area contributed by atoms with Crippen molar-refractivity contribution >= 4 is 29.0 Å². The largest absolute Gasteiger partial charge is 0.362 e. The van der Waals surface area contributed by atoms with Gasteiger partial charge in [-0.25, -0.2) is 4.39 Å². The maximum atomic E-state index is 13.1. The van der Waals surface area contributed by atoms with E-state index in [-0.39, 0.29) is 30.1 Å². The van der Waals surface area contributed by atoms with Gasteiger partial charge in [0, 0.05) is 23.5 Å². The average Bonchev–Trinajstić information content (AvgIpc) is 2.72. The van der Waals surface area contributed by atoms with Gasteiger partial charge in [-0.3, -0.25) is 14.4 Å². The summed E-state index contributed by atoms with van der Waals surface area (Å²) < 4.78 is 13.1. The van der Waals surface area contributed by atoms with Crippen LogP contribution >= 0.6 is 0 Å². The summed E-state index contributed by atoms with van der Waals surface area (Å²) in [4.78, 5) is 39.0. The van der Waals surface area contributed by atoms with Gasteiger partial charge in [-0.15, -0.1) is 0 Å². The number of carbonyl (C=O) groups excluding carboxylic acids is 3. The summed E-state index contributed by atoms with van der Waals surface area (Å²) >= 11 is 0. The summed E-state index contributed by atoms with van der Waals surface area (Å²) in [5, 5.41) is 5.74. The fourth-order valence-corrected chi connectivity index (χ4v) is 3.91. The number of rotatable bonds is 7. The third-order valence-electron chi connectivity index (χ3n) is 5.46. The molecule has 0 fully saturated rings. The highest BCUT2D eigenvalue weighted by molar-refractivity contribution is 6.05. The quantitative estimate of drug-likeness (QED) is 0.711. The Kier molecular flexibility index (Phi) is 7.05. The Bertz CT molecular complexity index is 973. The molecule has 0 saturated carbocycles. The number of nitrogens with zero attached hydrogens (tertiary/aromatic N) is 1. The highest BCUT2D eigenvalue weighted by Gasteiger charge is 2.25. The summed E-state index contributed by atoms with van der Waals surface area (Å²) in [5.74, 6) is -0.962. The first-order chi connectivity index (χ1) is 14.8. The van der Waals surface area contributed by atoms with Crippen molar-refractivity contribution in [3.05, 3.63) is 59.4 Å². The van der Waals surface area contributed by atoms with Crippen LogP contribution < -0.4 is 15.5 Å². The molecule has 3 rings (SSSR count). The zero-order valence-electron chi connectivity index (χ0n) is 18.1. The van der Waals surface area contributed by atoms with E-state index in [1.165, 1.54) is 31.2 Å². The lowest BCUT2D eigenvalue weighted by Gasteiger charge is -2.32. The SMILES string of the molecule is CC(=O)C(NC(=O)CN1CCCc2c(NC(=O)c3ccc(F)cc3)cccc21)C(C)C. The summed E-state index contributed by atoms with van der Waals surface area (Å²) in [6.45, 7) is 6.13. The molecule has 2 aromatic carbocycles. The number of hydrogen-bond acceptors (Lipinski definition) is 4. The maximum Gasteiger partial charge on any atom is 0.255 e. The first kappa shape index (κ1) is 22.5. The van der Waals surface area contributed by atoms with Gasteiger partial charge < -0.3 is 15.5 Å². The highest BCUT2D eigenvalue weighted by Crippen LogP contribution is 2.33. The van der Waals surface area contributed by atoms with Gasteiger partial charge in [-0.1, -0.05) is 19.9 Å². The van der Waals surface area contributed by atoms with E-state index < -0.39 is 11.9 Å². The molecule has 2 aromatic rings. The van der Waals surface area contributed by atoms with Crippen LogP contribution in [0.2, 0.25) is 0 Å². The van der Waals surface area contributed by atoms with E-state index in [2.05, 4.69) is 10.6 Å². The number of carbonyl (C=O) groups is 3. The molecule has 0 radical (unpaired) electrons. The van der Waals surface area contributed by atoms with Crippen LogP contribution in [0.5, 0.6) is 0 Å². The molecule has 2 N–H and O–H groups in total. The fraction of sp³-hybridized carbons (Fsp3) is 0.375. The molecule has 7 heteroatoms. The summed E-state index contributed by atoms with van der Waals surface area (Å²) in [6, 6.07) is 10.5. The summed E-state index contributed by atoms with van der Waals surface area (Å²) in [5.41, 5.74) is 2.90. The molecule has 0 aromatic heterocycles. The third-order valence-corrected chi connectivity index (χ3v) is 5.46. The first-order valence-electron chi connectivity index (χ1n) is 10.5. The second-order valence-corrected chi connectivity index (χ2v) is 8.19. The summed E-state index contributed by atoms with van der Waals surface area (Å²) in [6.07, 6.45) is 1.61. The number of ketones is 1. The Morgan fingerprint density at radius 1 is 1.10 bits per heavy atom. The number of Topliss-reactive ketones (excluding diaryl/α,β-unsaturated/α-hetero) is 1. The van der Waals surface area contributed by atoms with Gasteiger partial charge in [0.1, 0.15) is 5.82 Å². The van der Waals surface area contributed by atoms with Crippen LogP contribution in [-0.4, -0.2) is 36.7 Å². The number of nitrogens with one attached hydrogen (secondary N) is 2. The van der Waals surface area contributed by atoms with E-state index in [1.807, 2.05) is 36.9 Å². The molecule has 0 aliphatic carbocycles. The van der Waals surface area contributed by atoms with Crippen LogP contribution in [-0.2, 0) is 16.0 Å². The van der Waals surface area contributed by atoms with Crippen LogP contribution in [0.1, 0.15) is 43.1 Å². The second-order valence-electron chi connectivity index (χ2n) is 8.19. The molecule has 0 bridgehead atoms. The normalized spacial score (nSPS) is 14.0. The molecular formula is C24H28FN3O3. The van der Waals surface area contributed by atoms with E-state index in [0.29, 0.717) is 17.8 Å². The second kappa shape index (κ2) is 9.73. The van der Waals surface area contributed by atoms with Crippen LogP contribution in [0.15, 0.2) is 42.5 Å². The van der Waals surface area contributed by atoms with Crippen molar-refractivity contribution in [2.24, 2.45) is 5.92 Å². The molecule has 0 saturated heterocycles. The average molecular weight is 426 g/mol. The van der Waals surface area contributed by atoms with Gasteiger partial charge in [0.2, 0.25) is 5.91 Å². The lowest BCUT2D eigenvalue weighted by atomic mass is 9.99. The van der Waals surface area contributed by atoms with Crippen molar-refractivity contribution in [1.82, 2.24) is 5.32 Å². The smallest absolute Gasteiger partial charge is 0.255 e. The number of benzene rings is 2. The van der Waals surface area contributed by atoms with E-state index in [9.17, 15) is 18.8 Å². The van der Waals surface area contributed by atoms with E-state index in [0.717, 1.165) is 24.1 Å². The minimum absolute atomic E-state index is 0.0170. The minimum Gasteiger partial charge on any atom is -0.362 e. The fourth-order valence-electron chi connectivity index (χ4n) is 3.91. The molecule has 1 aliphatic rings. The van der Waals surface area contributed by atoms with Crippen molar-refractivity contribution in [3.63, 3.8) is 0 Å². The molecular weight excluding hydrogens is 397 g/mol. The van der Waals surface area contributed by atoms with Crippen molar-refractivity contribution < 1.29 is 18.8 Å². The van der Waals surface area contributed by atoms with E-state index >= 15 is 0 Å². The predicted octanol–water partition coefficient (Wildman–Crippen LogP) is 3.56. The topological polar surface area (TPSA) is 78.5 Å². The predicted molar refractivity (Wildman–Crippen MR) is 119 cm³/mol. The minimum atomic E-state index is -0.502. The van der Waals surface area contributed by atoms with Crippen LogP contribution in [0.3, 0.4) is 0 Å². The Hall–Kier alpha value is -3.22. The molecule has 6 nitrogen and oxygen atoms in total. The Morgan fingerprint density at radius 3 is 2.45 bits per heavy atom. The van der Waals surface area contributed by atoms with Crippen molar-refractivity contribution in [2.75, 3.05) is 23.3 Å². The van der Waals surface area contributed by atoms with Gasteiger partial charge >= 0.3 is 0 Å². The highest BCUT2D eigenvalue weighted by atomic mass is 19.1. The number of fused-ring (bicyclic) bond motifs is 1. The maximum absolute atomic E-state index is 13.1. The molecule has 0 spiro atoms. The molecule has 1 atom stereocenters. The number of hydrogen-bond donors (Lipinski definition) is 2. The van der Waals surface area contributed by atoms with Crippen LogP contribution in [0.4, 0.5) is 15.8 Å². The van der Waals surface area contributed by atoms with Gasteiger partial charge in [0.15, 0.2) is 5.78 Å². The molecule has 1 aliphatic heterocycles. The van der Waals surface area contributed by atoms with Crippen LogP contribution in [0, 0.1) is 11.7 Å². The number of halogens is 1. The first-order valence-corrected chi connectivity index (χ1v) is 10.5. The lowest BCUT2D eigenvalue weighted by Crippen LogP contribution is -2.48. The molecule has 164 valence electrons. The van der Waals surface area contributed by atoms with Gasteiger partial charge in [-0.2, -0.15) is 0 Å². The van der Waals surface area contributed by atoms with Gasteiger partial charge in [-0.05, 0) is 67.6 Å². The van der Waals surface area contributed by atoms with E-state index in [4.69, 9.17) is 0 Å². The van der Waals surface area contributed by atoms with Gasteiger partial charge in [0.25, 0.3) is 5.91 Å². The van der Waals surface area contributed by atoms with Gasteiger partial charge in [0.05, 0.1) is 12.6 Å². The zero-order chi connectivity index (χ0) is 22.5. The zero-order valence-corrected chi connectivity index (χ0v) is 18.1. The molecule has 31 heavy (non-hydrogen) atoms. The standard InChI is InChI=1S/C24H28FN3O3/c1-15(2)23(16(3)29)27-22(30)14-28-13-5-6-19-20(7-4-8-21(19)28)26-24(31)17-9-11-18(25)12-10-17/h4,7-12,15,23H,5-6,13-14H2,1-3H3,(H,26,31)(H,27,30). The number of amides is 2. The monoisotopic (exact) mass is 425 g/mol.